The Morgan fingerprint density at radius 1 is 1.09 bits per heavy atom. The number of carbonyl (C=O) groups excluding carboxylic acids is 1. The number of sulfonamides is 1. The van der Waals surface area contributed by atoms with Crippen LogP contribution in [0, 0.1) is 0 Å². The van der Waals surface area contributed by atoms with Gasteiger partial charge in [-0.3, -0.25) is 14.7 Å². The fourth-order valence-electron chi connectivity index (χ4n) is 4.57. The number of hydrogen-bond donors (Lipinski definition) is 4. The van der Waals surface area contributed by atoms with E-state index in [4.69, 9.17) is 44.7 Å². The van der Waals surface area contributed by atoms with E-state index < -0.39 is 27.4 Å². The van der Waals surface area contributed by atoms with Crippen molar-refractivity contribution in [2.24, 2.45) is 5.14 Å². The molecule has 0 aliphatic heterocycles. The summed E-state index contributed by atoms with van der Waals surface area (Å²) in [5.74, 6) is -0.724. The van der Waals surface area contributed by atoms with E-state index in [0.717, 1.165) is 12.1 Å². The zero-order chi connectivity index (χ0) is 31.9. The van der Waals surface area contributed by atoms with Crippen LogP contribution in [-0.2, 0) is 10.0 Å². The second kappa shape index (κ2) is 12.1. The molecule has 5 rings (SSSR count). The third kappa shape index (κ3) is 6.07. The zero-order valence-electron chi connectivity index (χ0n) is 23.1. The molecule has 0 aliphatic rings. The molecule has 44 heavy (non-hydrogen) atoms. The maximum absolute atomic E-state index is 13.4. The van der Waals surface area contributed by atoms with Crippen LogP contribution in [0.25, 0.3) is 11.0 Å². The number of methoxy groups -OCH3 is 1. The molecule has 0 saturated carbocycles. The first-order chi connectivity index (χ1) is 20.8. The van der Waals surface area contributed by atoms with E-state index in [1.807, 2.05) is 0 Å². The first-order valence-electron chi connectivity index (χ1n) is 12.6. The van der Waals surface area contributed by atoms with Crippen LogP contribution >= 0.6 is 34.8 Å². The molecule has 1 atom stereocenters. The average Bonchev–Trinajstić information content (AvgIpc) is 3.40. The Bertz CT molecular complexity index is 2060. The highest BCUT2D eigenvalue weighted by Crippen LogP contribution is 2.42. The molecule has 228 valence electrons. The van der Waals surface area contributed by atoms with E-state index in [1.54, 1.807) is 37.2 Å². The van der Waals surface area contributed by atoms with E-state index in [-0.39, 0.29) is 53.8 Å². The number of rotatable bonds is 8. The van der Waals surface area contributed by atoms with Crippen LogP contribution in [-0.4, -0.2) is 60.7 Å². The first kappa shape index (κ1) is 31.2. The monoisotopic (exact) mass is 676 g/mol. The predicted molar refractivity (Wildman–Crippen MR) is 168 cm³/mol. The number of halogens is 3. The Morgan fingerprint density at radius 2 is 1.80 bits per heavy atom. The van der Waals surface area contributed by atoms with Gasteiger partial charge in [0.1, 0.15) is 22.1 Å². The van der Waals surface area contributed by atoms with Gasteiger partial charge >= 0.3 is 0 Å². The molecule has 0 fully saturated rings. The number of aromatic nitrogens is 5. The van der Waals surface area contributed by atoms with Crippen molar-refractivity contribution in [2.75, 3.05) is 31.4 Å². The number of hydrogen-bond acceptors (Lipinski definition) is 9. The second-order valence-corrected chi connectivity index (χ2v) is 12.4. The van der Waals surface area contributed by atoms with Crippen molar-refractivity contribution in [2.45, 2.75) is 10.8 Å². The van der Waals surface area contributed by atoms with Gasteiger partial charge in [-0.25, -0.2) is 23.5 Å². The summed E-state index contributed by atoms with van der Waals surface area (Å²) in [4.78, 5) is 39.1. The van der Waals surface area contributed by atoms with Crippen molar-refractivity contribution in [3.05, 3.63) is 96.7 Å². The van der Waals surface area contributed by atoms with Crippen molar-refractivity contribution >= 4 is 73.3 Å². The summed E-state index contributed by atoms with van der Waals surface area (Å²) in [5, 5.41) is 15.4. The molecule has 3 aromatic heterocycles. The SMILES string of the molecule is COc1ccc(C(c2nc3[nH]nc(N(C)C)c3c(=O)[nH]2)c2c(Cl)cc(S(N)(=O)=O)cc2Cl)cc1NC(=O)c1ccc(Cl)nc1. The van der Waals surface area contributed by atoms with Crippen LogP contribution < -0.4 is 25.7 Å². The van der Waals surface area contributed by atoms with Gasteiger partial charge in [0.2, 0.25) is 10.0 Å². The number of primary sulfonamides is 1. The number of nitrogens with two attached hydrogens (primary N) is 1. The van der Waals surface area contributed by atoms with Gasteiger partial charge in [-0.15, -0.1) is 0 Å². The zero-order valence-corrected chi connectivity index (χ0v) is 26.2. The highest BCUT2D eigenvalue weighted by Gasteiger charge is 2.29. The quantitative estimate of drug-likeness (QED) is 0.175. The number of H-pyrrole nitrogens is 2. The van der Waals surface area contributed by atoms with E-state index in [9.17, 15) is 18.0 Å². The summed E-state index contributed by atoms with van der Waals surface area (Å²) in [6.07, 6.45) is 1.32. The molecule has 2 aromatic carbocycles. The minimum atomic E-state index is -4.16. The molecular weight excluding hydrogens is 655 g/mol. The van der Waals surface area contributed by atoms with Gasteiger partial charge in [0, 0.05) is 35.9 Å². The van der Waals surface area contributed by atoms with E-state index in [2.05, 4.69) is 30.5 Å². The lowest BCUT2D eigenvalue weighted by atomic mass is 9.89. The number of aromatic amines is 2. The summed E-state index contributed by atoms with van der Waals surface area (Å²) in [6.45, 7) is 0. The van der Waals surface area contributed by atoms with E-state index in [0.29, 0.717) is 17.1 Å². The number of anilines is 2. The highest BCUT2D eigenvalue weighted by atomic mass is 35.5. The van der Waals surface area contributed by atoms with Gasteiger partial charge in [0.25, 0.3) is 11.5 Å². The van der Waals surface area contributed by atoms with Gasteiger partial charge in [-0.05, 0) is 42.0 Å². The van der Waals surface area contributed by atoms with Crippen LogP contribution in [0.5, 0.6) is 5.75 Å². The van der Waals surface area contributed by atoms with Crippen LogP contribution in [0.3, 0.4) is 0 Å². The molecule has 13 nitrogen and oxygen atoms in total. The standard InChI is InChI=1S/C27H23Cl3N8O5S/c1-38(2)25-22-24(36-37-25)34-23(35-27(22)40)20(21-15(28)9-14(10-16(21)29)44(31,41)42)12-4-6-18(43-3)17(8-12)33-26(39)13-5-7-19(30)32-11-13/h4-11,20H,1-3H3,(H,33,39)(H2,31,41,42)(H2,34,35,36,37,40). The topological polar surface area (TPSA) is 189 Å². The molecule has 5 N–H and O–H groups in total. The molecule has 0 aliphatic carbocycles. The molecule has 0 saturated heterocycles. The number of nitrogens with one attached hydrogen (secondary N) is 3. The predicted octanol–water partition coefficient (Wildman–Crippen LogP) is 4.16. The van der Waals surface area contributed by atoms with Crippen LogP contribution in [0.1, 0.15) is 33.2 Å². The number of benzene rings is 2. The van der Waals surface area contributed by atoms with E-state index in [1.165, 1.54) is 25.4 Å². The molecule has 0 radical (unpaired) electrons. The Kier molecular flexibility index (Phi) is 8.55. The number of fused-ring (bicyclic) bond motifs is 1. The summed E-state index contributed by atoms with van der Waals surface area (Å²) in [6, 6.07) is 10.1. The summed E-state index contributed by atoms with van der Waals surface area (Å²) >= 11 is 19.2. The maximum Gasteiger partial charge on any atom is 0.264 e. The van der Waals surface area contributed by atoms with Gasteiger partial charge < -0.3 is 19.9 Å². The Labute approximate surface area is 265 Å². The van der Waals surface area contributed by atoms with Gasteiger partial charge in [0.05, 0.1) is 29.2 Å². The second-order valence-electron chi connectivity index (χ2n) is 9.68. The largest absolute Gasteiger partial charge is 0.495 e. The van der Waals surface area contributed by atoms with Crippen molar-refractivity contribution in [1.82, 2.24) is 25.1 Å². The van der Waals surface area contributed by atoms with Gasteiger partial charge in [-0.2, -0.15) is 5.10 Å². The molecule has 1 unspecified atom stereocenters. The Morgan fingerprint density at radius 3 is 2.39 bits per heavy atom. The minimum Gasteiger partial charge on any atom is -0.495 e. The van der Waals surface area contributed by atoms with Crippen LogP contribution in [0.4, 0.5) is 11.5 Å². The molecule has 1 amide bonds. The molecule has 17 heteroatoms. The smallest absolute Gasteiger partial charge is 0.264 e. The third-order valence-electron chi connectivity index (χ3n) is 6.59. The van der Waals surface area contributed by atoms with Crippen LogP contribution in [0.2, 0.25) is 15.2 Å². The van der Waals surface area contributed by atoms with Crippen molar-refractivity contribution in [3.8, 4) is 5.75 Å². The molecule has 0 bridgehead atoms. The Balaban J connectivity index is 1.72. The number of amides is 1. The molecule has 5 aromatic rings. The highest BCUT2D eigenvalue weighted by molar-refractivity contribution is 7.89. The number of ether oxygens (including phenoxy) is 1. The molecular formula is C27H23Cl3N8O5S. The van der Waals surface area contributed by atoms with Crippen molar-refractivity contribution < 1.29 is 17.9 Å². The molecule has 0 spiro atoms. The average molecular weight is 678 g/mol. The number of nitrogens with zero attached hydrogens (tertiary/aromatic N) is 4. The summed E-state index contributed by atoms with van der Waals surface area (Å²) < 4.78 is 29.6. The lowest BCUT2D eigenvalue weighted by Crippen LogP contribution is -2.19. The van der Waals surface area contributed by atoms with Gasteiger partial charge in [0.15, 0.2) is 11.5 Å². The fraction of sp³-hybridized carbons (Fsp3) is 0.148. The third-order valence-corrected chi connectivity index (χ3v) is 8.33. The van der Waals surface area contributed by atoms with Crippen molar-refractivity contribution in [1.29, 1.82) is 0 Å². The van der Waals surface area contributed by atoms with Crippen molar-refractivity contribution in [3.63, 3.8) is 0 Å². The minimum absolute atomic E-state index is 0.0681. The number of carbonyl (C=O) groups is 1. The number of pyridine rings is 1. The maximum atomic E-state index is 13.4. The summed E-state index contributed by atoms with van der Waals surface area (Å²) in [5.41, 5.74) is 0.817. The molecule has 3 heterocycles. The van der Waals surface area contributed by atoms with Crippen LogP contribution in [0.15, 0.2) is 58.4 Å². The summed E-state index contributed by atoms with van der Waals surface area (Å²) in [7, 11) is 0.729. The normalized spacial score (nSPS) is 12.2. The first-order valence-corrected chi connectivity index (χ1v) is 15.2. The van der Waals surface area contributed by atoms with E-state index >= 15 is 0 Å². The lowest BCUT2D eigenvalue weighted by molar-refractivity contribution is 0.102. The Hall–Kier alpha value is -4.21. The fourth-order valence-corrected chi connectivity index (χ4v) is 6.08. The lowest BCUT2D eigenvalue weighted by Gasteiger charge is -2.22. The van der Waals surface area contributed by atoms with Gasteiger partial charge in [-0.1, -0.05) is 40.9 Å².